The molecule has 0 aliphatic carbocycles. The third-order valence-corrected chi connectivity index (χ3v) is 5.09. The molecule has 6 heteroatoms. The van der Waals surface area contributed by atoms with Gasteiger partial charge in [-0.05, 0) is 11.1 Å². The molecule has 1 aliphatic heterocycles. The number of benzene rings is 2. The van der Waals surface area contributed by atoms with E-state index in [0.717, 1.165) is 44.0 Å². The summed E-state index contributed by atoms with van der Waals surface area (Å²) in [7, 11) is 0. The molecule has 0 aromatic heterocycles. The number of carbonyl (C=O) groups excluding carboxylic acids is 2. The van der Waals surface area contributed by atoms with E-state index in [4.69, 9.17) is 4.74 Å². The Bertz CT molecular complexity index is 722. The van der Waals surface area contributed by atoms with E-state index in [-0.39, 0.29) is 24.3 Å². The molecule has 1 saturated heterocycles. The molecular formula is C23H29N3O3. The predicted octanol–water partition coefficient (Wildman–Crippen LogP) is 1.77. The van der Waals surface area contributed by atoms with E-state index in [0.29, 0.717) is 13.0 Å². The minimum absolute atomic E-state index is 0.00174. The topological polar surface area (TPSA) is 70.7 Å². The van der Waals surface area contributed by atoms with Gasteiger partial charge in [0.1, 0.15) is 0 Å². The van der Waals surface area contributed by atoms with Gasteiger partial charge in [0.05, 0.1) is 19.8 Å². The molecule has 2 N–H and O–H groups in total. The van der Waals surface area contributed by atoms with Gasteiger partial charge in [0.25, 0.3) is 0 Å². The van der Waals surface area contributed by atoms with Crippen molar-refractivity contribution < 1.29 is 14.3 Å². The average Bonchev–Trinajstić information content (AvgIpc) is 2.78. The lowest BCUT2D eigenvalue weighted by atomic mass is 9.88. The van der Waals surface area contributed by atoms with Gasteiger partial charge < -0.3 is 15.4 Å². The molecule has 2 aromatic rings. The second kappa shape index (κ2) is 11.3. The van der Waals surface area contributed by atoms with E-state index in [1.165, 1.54) is 0 Å². The molecule has 3 rings (SSSR count). The van der Waals surface area contributed by atoms with E-state index in [1.54, 1.807) is 0 Å². The van der Waals surface area contributed by atoms with Crippen molar-refractivity contribution in [3.8, 4) is 0 Å². The van der Waals surface area contributed by atoms with Gasteiger partial charge in [-0.25, -0.2) is 0 Å². The number of carbonyl (C=O) groups is 2. The lowest BCUT2D eigenvalue weighted by Crippen LogP contribution is -2.43. The van der Waals surface area contributed by atoms with Gasteiger partial charge >= 0.3 is 0 Å². The van der Waals surface area contributed by atoms with Crippen molar-refractivity contribution in [1.82, 2.24) is 15.5 Å². The number of nitrogens with one attached hydrogen (secondary N) is 2. The van der Waals surface area contributed by atoms with E-state index in [2.05, 4.69) is 15.5 Å². The van der Waals surface area contributed by atoms with Gasteiger partial charge in [-0.15, -0.1) is 0 Å². The van der Waals surface area contributed by atoms with Crippen molar-refractivity contribution in [2.24, 2.45) is 0 Å². The quantitative estimate of drug-likeness (QED) is 0.679. The Balaban J connectivity index is 1.45. The Kier molecular flexibility index (Phi) is 8.22. The summed E-state index contributed by atoms with van der Waals surface area (Å²) < 4.78 is 5.31. The number of nitrogens with zero attached hydrogens (tertiary/aromatic N) is 1. The first-order valence-electron chi connectivity index (χ1n) is 10.2. The second-order valence-electron chi connectivity index (χ2n) is 7.16. The first-order valence-corrected chi connectivity index (χ1v) is 10.2. The Morgan fingerprint density at radius 1 is 0.862 bits per heavy atom. The maximum atomic E-state index is 12.5. The van der Waals surface area contributed by atoms with Crippen LogP contribution < -0.4 is 10.6 Å². The van der Waals surface area contributed by atoms with Crippen LogP contribution in [0.2, 0.25) is 0 Å². The highest BCUT2D eigenvalue weighted by atomic mass is 16.5. The first kappa shape index (κ1) is 21.0. The maximum Gasteiger partial charge on any atom is 0.239 e. The van der Waals surface area contributed by atoms with Crippen molar-refractivity contribution in [2.75, 3.05) is 45.9 Å². The van der Waals surface area contributed by atoms with Gasteiger partial charge in [0.15, 0.2) is 0 Å². The highest BCUT2D eigenvalue weighted by Gasteiger charge is 2.18. The molecule has 2 aromatic carbocycles. The molecule has 6 nitrogen and oxygen atoms in total. The molecule has 0 bridgehead atoms. The van der Waals surface area contributed by atoms with Crippen LogP contribution in [0.15, 0.2) is 60.7 Å². The van der Waals surface area contributed by atoms with E-state index < -0.39 is 0 Å². The zero-order valence-corrected chi connectivity index (χ0v) is 16.7. The lowest BCUT2D eigenvalue weighted by Gasteiger charge is -2.26. The van der Waals surface area contributed by atoms with E-state index in [9.17, 15) is 9.59 Å². The number of amides is 2. The fourth-order valence-electron chi connectivity index (χ4n) is 3.48. The number of ether oxygens (including phenoxy) is 1. The summed E-state index contributed by atoms with van der Waals surface area (Å²) in [4.78, 5) is 26.8. The third kappa shape index (κ3) is 7.00. The highest BCUT2D eigenvalue weighted by Crippen LogP contribution is 2.27. The highest BCUT2D eigenvalue weighted by molar-refractivity contribution is 5.85. The molecular weight excluding hydrogens is 366 g/mol. The Morgan fingerprint density at radius 2 is 1.45 bits per heavy atom. The molecule has 2 amide bonds. The smallest absolute Gasteiger partial charge is 0.239 e. The summed E-state index contributed by atoms with van der Waals surface area (Å²) in [5.41, 5.74) is 2.17. The summed E-state index contributed by atoms with van der Waals surface area (Å²) >= 11 is 0. The minimum atomic E-state index is -0.164. The third-order valence-electron chi connectivity index (χ3n) is 5.09. The molecule has 1 fully saturated rings. The second-order valence-corrected chi connectivity index (χ2v) is 7.16. The fourth-order valence-corrected chi connectivity index (χ4v) is 3.48. The van der Waals surface area contributed by atoms with Crippen LogP contribution in [0.1, 0.15) is 23.5 Å². The molecule has 0 spiro atoms. The van der Waals surface area contributed by atoms with Crippen LogP contribution in [-0.2, 0) is 14.3 Å². The Labute approximate surface area is 172 Å². The van der Waals surface area contributed by atoms with Gasteiger partial charge in [0, 0.05) is 38.5 Å². The van der Waals surface area contributed by atoms with Crippen molar-refractivity contribution >= 4 is 11.8 Å². The largest absolute Gasteiger partial charge is 0.379 e. The molecule has 29 heavy (non-hydrogen) atoms. The monoisotopic (exact) mass is 395 g/mol. The molecule has 1 aliphatic rings. The van der Waals surface area contributed by atoms with Crippen LogP contribution in [0.25, 0.3) is 0 Å². The molecule has 0 atom stereocenters. The van der Waals surface area contributed by atoms with Crippen molar-refractivity contribution in [3.05, 3.63) is 71.8 Å². The zero-order valence-electron chi connectivity index (χ0n) is 16.7. The van der Waals surface area contributed by atoms with Gasteiger partial charge in [0.2, 0.25) is 11.8 Å². The van der Waals surface area contributed by atoms with Crippen LogP contribution >= 0.6 is 0 Å². The molecule has 154 valence electrons. The Hall–Kier alpha value is -2.70. The summed E-state index contributed by atoms with van der Waals surface area (Å²) in [6.45, 7) is 4.65. The van der Waals surface area contributed by atoms with E-state index >= 15 is 0 Å². The van der Waals surface area contributed by atoms with Crippen LogP contribution in [0.3, 0.4) is 0 Å². The maximum absolute atomic E-state index is 12.5. The van der Waals surface area contributed by atoms with Crippen LogP contribution in [0.5, 0.6) is 0 Å². The van der Waals surface area contributed by atoms with Crippen molar-refractivity contribution in [1.29, 1.82) is 0 Å². The number of morpholine rings is 1. The zero-order chi connectivity index (χ0) is 20.3. The lowest BCUT2D eigenvalue weighted by molar-refractivity contribution is -0.126. The Morgan fingerprint density at radius 3 is 2.03 bits per heavy atom. The predicted molar refractivity (Wildman–Crippen MR) is 113 cm³/mol. The molecule has 1 heterocycles. The number of hydrogen-bond donors (Lipinski definition) is 2. The summed E-state index contributed by atoms with van der Waals surface area (Å²) in [6, 6.07) is 20.0. The van der Waals surface area contributed by atoms with Crippen LogP contribution in [-0.4, -0.2) is 62.7 Å². The minimum Gasteiger partial charge on any atom is -0.379 e. The molecule has 0 radical (unpaired) electrons. The summed E-state index contributed by atoms with van der Waals surface area (Å²) in [5, 5.41) is 5.62. The summed E-state index contributed by atoms with van der Waals surface area (Å²) in [5.74, 6) is -0.338. The van der Waals surface area contributed by atoms with Gasteiger partial charge in [-0.3, -0.25) is 14.5 Å². The first-order chi connectivity index (χ1) is 14.2. The van der Waals surface area contributed by atoms with Gasteiger partial charge in [-0.1, -0.05) is 60.7 Å². The molecule has 0 unspecified atom stereocenters. The fraction of sp³-hybridized carbons (Fsp3) is 0.391. The molecule has 0 saturated carbocycles. The summed E-state index contributed by atoms with van der Waals surface area (Å²) in [6.07, 6.45) is 0.301. The van der Waals surface area contributed by atoms with Gasteiger partial charge in [-0.2, -0.15) is 0 Å². The number of rotatable bonds is 9. The van der Waals surface area contributed by atoms with E-state index in [1.807, 2.05) is 60.7 Å². The van der Waals surface area contributed by atoms with Crippen LogP contribution in [0, 0.1) is 0 Å². The van der Waals surface area contributed by atoms with Crippen LogP contribution in [0.4, 0.5) is 0 Å². The SMILES string of the molecule is O=C(CNC(=O)CC(c1ccccc1)c1ccccc1)NCCN1CCOCC1. The average molecular weight is 396 g/mol. The standard InChI is InChI=1S/C23H29N3O3/c27-22(25-18-23(28)24-11-12-26-13-15-29-16-14-26)17-21(19-7-3-1-4-8-19)20-9-5-2-6-10-20/h1-10,21H,11-18H2,(H,24,28)(H,25,27). The van der Waals surface area contributed by atoms with Crippen molar-refractivity contribution in [3.63, 3.8) is 0 Å². The normalized spacial score (nSPS) is 14.5. The van der Waals surface area contributed by atoms with Crippen molar-refractivity contribution in [2.45, 2.75) is 12.3 Å². The number of hydrogen-bond acceptors (Lipinski definition) is 4.